The van der Waals surface area contributed by atoms with Crippen LogP contribution in [-0.4, -0.2) is 36.8 Å². The Morgan fingerprint density at radius 2 is 1.91 bits per heavy atom. The fourth-order valence-corrected chi connectivity index (χ4v) is 3.82. The second-order valence-corrected chi connectivity index (χ2v) is 6.77. The Morgan fingerprint density at radius 3 is 2.59 bits per heavy atom. The monoisotopic (exact) mass is 302 g/mol. The SMILES string of the molecule is O=C(O)C1CC(NCC2CCCC2)CN(c2ccccc2)C1. The Bertz CT molecular complexity index is 485. The minimum Gasteiger partial charge on any atom is -0.481 e. The van der Waals surface area contributed by atoms with Gasteiger partial charge < -0.3 is 15.3 Å². The average Bonchev–Trinajstić information content (AvgIpc) is 3.07. The van der Waals surface area contributed by atoms with Gasteiger partial charge in [-0.1, -0.05) is 31.0 Å². The van der Waals surface area contributed by atoms with Crippen molar-refractivity contribution in [2.45, 2.75) is 38.1 Å². The lowest BCUT2D eigenvalue weighted by Crippen LogP contribution is -2.51. The molecule has 4 heteroatoms. The van der Waals surface area contributed by atoms with Gasteiger partial charge in [-0.25, -0.2) is 0 Å². The molecule has 2 N–H and O–H groups in total. The lowest BCUT2D eigenvalue weighted by atomic mass is 9.93. The van der Waals surface area contributed by atoms with E-state index in [2.05, 4.69) is 22.3 Å². The number of hydrogen-bond acceptors (Lipinski definition) is 3. The molecule has 1 aliphatic heterocycles. The van der Waals surface area contributed by atoms with E-state index in [1.165, 1.54) is 25.7 Å². The maximum absolute atomic E-state index is 11.5. The number of hydrogen-bond donors (Lipinski definition) is 2. The Kier molecular flexibility index (Phi) is 4.98. The number of benzene rings is 1. The van der Waals surface area contributed by atoms with E-state index in [-0.39, 0.29) is 12.0 Å². The van der Waals surface area contributed by atoms with Crippen LogP contribution >= 0.6 is 0 Å². The van der Waals surface area contributed by atoms with Gasteiger partial charge in [0, 0.05) is 24.8 Å². The number of piperidine rings is 1. The van der Waals surface area contributed by atoms with Crippen LogP contribution in [0.25, 0.3) is 0 Å². The molecule has 2 atom stereocenters. The average molecular weight is 302 g/mol. The quantitative estimate of drug-likeness (QED) is 0.878. The number of carbonyl (C=O) groups is 1. The Hall–Kier alpha value is -1.55. The molecule has 0 aromatic heterocycles. The van der Waals surface area contributed by atoms with Gasteiger partial charge in [-0.15, -0.1) is 0 Å². The summed E-state index contributed by atoms with van der Waals surface area (Å²) in [6, 6.07) is 10.4. The molecule has 22 heavy (non-hydrogen) atoms. The zero-order valence-corrected chi connectivity index (χ0v) is 13.1. The largest absolute Gasteiger partial charge is 0.481 e. The predicted octanol–water partition coefficient (Wildman–Crippen LogP) is 2.75. The molecule has 0 spiro atoms. The molecule has 2 aliphatic rings. The number of anilines is 1. The van der Waals surface area contributed by atoms with Crippen LogP contribution in [0.15, 0.2) is 30.3 Å². The Balaban J connectivity index is 1.63. The summed E-state index contributed by atoms with van der Waals surface area (Å²) in [4.78, 5) is 13.7. The first-order valence-electron chi connectivity index (χ1n) is 8.48. The van der Waals surface area contributed by atoms with E-state index in [9.17, 15) is 9.90 Å². The third-order valence-electron chi connectivity index (χ3n) is 5.09. The van der Waals surface area contributed by atoms with Crippen molar-refractivity contribution in [3.05, 3.63) is 30.3 Å². The van der Waals surface area contributed by atoms with Gasteiger partial charge >= 0.3 is 5.97 Å². The fourth-order valence-electron chi connectivity index (χ4n) is 3.82. The van der Waals surface area contributed by atoms with Crippen LogP contribution < -0.4 is 10.2 Å². The van der Waals surface area contributed by atoms with Gasteiger partial charge in [0.05, 0.1) is 5.92 Å². The van der Waals surface area contributed by atoms with E-state index in [1.54, 1.807) is 0 Å². The fraction of sp³-hybridized carbons (Fsp3) is 0.611. The molecule has 0 radical (unpaired) electrons. The second-order valence-electron chi connectivity index (χ2n) is 6.77. The molecule has 1 aromatic carbocycles. The molecule has 0 bridgehead atoms. The van der Waals surface area contributed by atoms with Crippen LogP contribution in [0.1, 0.15) is 32.1 Å². The van der Waals surface area contributed by atoms with Crippen molar-refractivity contribution in [1.82, 2.24) is 5.32 Å². The van der Waals surface area contributed by atoms with E-state index in [0.29, 0.717) is 6.54 Å². The maximum atomic E-state index is 11.5. The third-order valence-corrected chi connectivity index (χ3v) is 5.09. The Labute approximate surface area is 132 Å². The van der Waals surface area contributed by atoms with Gasteiger partial charge in [0.25, 0.3) is 0 Å². The predicted molar refractivity (Wildman–Crippen MR) is 88.1 cm³/mol. The van der Waals surface area contributed by atoms with Crippen LogP contribution in [0.4, 0.5) is 5.69 Å². The minimum absolute atomic E-state index is 0.274. The third kappa shape index (κ3) is 3.80. The van der Waals surface area contributed by atoms with E-state index < -0.39 is 5.97 Å². The van der Waals surface area contributed by atoms with Crippen LogP contribution in [0, 0.1) is 11.8 Å². The summed E-state index contributed by atoms with van der Waals surface area (Å²) in [5, 5.41) is 13.1. The van der Waals surface area contributed by atoms with Gasteiger partial charge in [0.2, 0.25) is 0 Å². The highest BCUT2D eigenvalue weighted by Crippen LogP contribution is 2.26. The first-order valence-corrected chi connectivity index (χ1v) is 8.48. The number of para-hydroxylation sites is 1. The van der Waals surface area contributed by atoms with Crippen molar-refractivity contribution in [2.75, 3.05) is 24.5 Å². The highest BCUT2D eigenvalue weighted by Gasteiger charge is 2.32. The smallest absolute Gasteiger partial charge is 0.308 e. The number of aliphatic carboxylic acids is 1. The summed E-state index contributed by atoms with van der Waals surface area (Å²) in [6.45, 7) is 2.56. The molecule has 120 valence electrons. The number of nitrogens with one attached hydrogen (secondary N) is 1. The van der Waals surface area contributed by atoms with Gasteiger partial charge in [0.1, 0.15) is 0 Å². The number of nitrogens with zero attached hydrogens (tertiary/aromatic N) is 1. The highest BCUT2D eigenvalue weighted by molar-refractivity contribution is 5.71. The number of carboxylic acid groups (broad SMARTS) is 1. The molecule has 2 fully saturated rings. The summed E-state index contributed by atoms with van der Waals surface area (Å²) >= 11 is 0. The van der Waals surface area contributed by atoms with E-state index in [4.69, 9.17) is 0 Å². The van der Waals surface area contributed by atoms with Gasteiger partial charge in [-0.2, -0.15) is 0 Å². The summed E-state index contributed by atoms with van der Waals surface area (Å²) in [6.07, 6.45) is 6.09. The normalized spacial score (nSPS) is 26.3. The van der Waals surface area contributed by atoms with Gasteiger partial charge in [-0.05, 0) is 43.9 Å². The second kappa shape index (κ2) is 7.14. The van der Waals surface area contributed by atoms with Gasteiger partial charge in [-0.3, -0.25) is 4.79 Å². The lowest BCUT2D eigenvalue weighted by Gasteiger charge is -2.38. The number of carboxylic acids is 1. The van der Waals surface area contributed by atoms with Crippen molar-refractivity contribution in [3.63, 3.8) is 0 Å². The standard InChI is InChI=1S/C18H26N2O2/c21-18(22)15-10-16(19-11-14-6-4-5-7-14)13-20(12-15)17-8-2-1-3-9-17/h1-3,8-9,14-16,19H,4-7,10-13H2,(H,21,22). The first-order chi connectivity index (χ1) is 10.7. The molecule has 0 amide bonds. The van der Waals surface area contributed by atoms with Crippen molar-refractivity contribution >= 4 is 11.7 Å². The molecule has 1 aromatic rings. The molecular formula is C18H26N2O2. The highest BCUT2D eigenvalue weighted by atomic mass is 16.4. The molecule has 1 saturated carbocycles. The summed E-state index contributed by atoms with van der Waals surface area (Å²) in [5.41, 5.74) is 1.13. The van der Waals surface area contributed by atoms with E-state index >= 15 is 0 Å². The summed E-state index contributed by atoms with van der Waals surface area (Å²) in [5.74, 6) is -0.168. The van der Waals surface area contributed by atoms with E-state index in [1.807, 2.05) is 18.2 Å². The van der Waals surface area contributed by atoms with Crippen LogP contribution in [-0.2, 0) is 4.79 Å². The maximum Gasteiger partial charge on any atom is 0.308 e. The number of rotatable bonds is 5. The zero-order valence-electron chi connectivity index (χ0n) is 13.1. The Morgan fingerprint density at radius 1 is 1.18 bits per heavy atom. The van der Waals surface area contributed by atoms with Crippen molar-refractivity contribution in [3.8, 4) is 0 Å². The van der Waals surface area contributed by atoms with Crippen LogP contribution in [0.5, 0.6) is 0 Å². The summed E-state index contributed by atoms with van der Waals surface area (Å²) in [7, 11) is 0. The van der Waals surface area contributed by atoms with Gasteiger partial charge in [0.15, 0.2) is 0 Å². The van der Waals surface area contributed by atoms with Crippen LogP contribution in [0.2, 0.25) is 0 Å². The lowest BCUT2D eigenvalue weighted by molar-refractivity contribution is -0.142. The molecule has 1 aliphatic carbocycles. The molecule has 4 nitrogen and oxygen atoms in total. The van der Waals surface area contributed by atoms with Crippen molar-refractivity contribution < 1.29 is 9.90 Å². The van der Waals surface area contributed by atoms with E-state index in [0.717, 1.165) is 31.1 Å². The van der Waals surface area contributed by atoms with Crippen molar-refractivity contribution in [1.29, 1.82) is 0 Å². The molecular weight excluding hydrogens is 276 g/mol. The zero-order chi connectivity index (χ0) is 15.4. The molecule has 3 rings (SSSR count). The van der Waals surface area contributed by atoms with Crippen molar-refractivity contribution in [2.24, 2.45) is 11.8 Å². The minimum atomic E-state index is -0.673. The summed E-state index contributed by atoms with van der Waals surface area (Å²) < 4.78 is 0. The first kappa shape index (κ1) is 15.3. The molecule has 2 unspecified atom stereocenters. The topological polar surface area (TPSA) is 52.6 Å². The van der Waals surface area contributed by atoms with Crippen LogP contribution in [0.3, 0.4) is 0 Å². The molecule has 1 heterocycles. The molecule has 1 saturated heterocycles.